The van der Waals surface area contributed by atoms with E-state index in [0.29, 0.717) is 16.7 Å². The number of nitrogens with one attached hydrogen (secondary N) is 1. The number of aliphatic hydroxyl groups is 1. The summed E-state index contributed by atoms with van der Waals surface area (Å²) in [5.74, 6) is -0.134. The smallest absolute Gasteiger partial charge is 0.317 e. The maximum Gasteiger partial charge on any atom is 0.317 e. The van der Waals surface area contributed by atoms with Gasteiger partial charge < -0.3 is 24.5 Å². The molecule has 3 heterocycles. The fraction of sp³-hybridized carbons (Fsp3) is 0.478. The molecule has 3 N–H and O–H groups in total. The van der Waals surface area contributed by atoms with E-state index >= 15 is 0 Å². The van der Waals surface area contributed by atoms with Crippen LogP contribution in [-0.2, 0) is 18.3 Å². The maximum atomic E-state index is 12.7. The number of hydrogen-bond donors (Lipinski definition) is 3. The van der Waals surface area contributed by atoms with Crippen molar-refractivity contribution in [1.82, 2.24) is 19.5 Å². The van der Waals surface area contributed by atoms with Crippen molar-refractivity contribution in [2.24, 2.45) is 0 Å². The Labute approximate surface area is 215 Å². The van der Waals surface area contributed by atoms with Crippen molar-refractivity contribution >= 4 is 39.5 Å². The lowest BCUT2D eigenvalue weighted by Crippen LogP contribution is -2.51. The Bertz CT molecular complexity index is 1360. The molecule has 198 valence electrons. The first-order valence-electron chi connectivity index (χ1n) is 11.8. The number of fused-ring (bicyclic) bond motifs is 2. The highest BCUT2D eigenvalue weighted by atomic mass is 31.1. The molecule has 0 spiro atoms. The zero-order valence-corrected chi connectivity index (χ0v) is 23.1. The average Bonchev–Trinajstić information content (AvgIpc) is 3.13. The van der Waals surface area contributed by atoms with Gasteiger partial charge in [0.2, 0.25) is 0 Å². The average molecular weight is 548 g/mol. The Kier molecular flexibility index (Phi) is 6.39. The van der Waals surface area contributed by atoms with Crippen molar-refractivity contribution in [3.63, 3.8) is 0 Å². The molecule has 0 bridgehead atoms. The van der Waals surface area contributed by atoms with Gasteiger partial charge in [0.05, 0.1) is 6.33 Å². The van der Waals surface area contributed by atoms with Crippen molar-refractivity contribution < 1.29 is 33.0 Å². The Balaban J connectivity index is 1.52. The molecule has 1 amide bonds. The Morgan fingerprint density at radius 3 is 2.57 bits per heavy atom. The lowest BCUT2D eigenvalue weighted by molar-refractivity contribution is -0.0830. The number of hydrogen-bond acceptors (Lipinski definition) is 9. The van der Waals surface area contributed by atoms with E-state index in [1.807, 2.05) is 19.2 Å². The lowest BCUT2D eigenvalue weighted by Gasteiger charge is -2.41. The highest BCUT2D eigenvalue weighted by molar-refractivity contribution is 7.32. The summed E-state index contributed by atoms with van der Waals surface area (Å²) in [6, 6.07) is 8.71. The van der Waals surface area contributed by atoms with Gasteiger partial charge in [-0.25, -0.2) is 15.0 Å². The van der Waals surface area contributed by atoms with Crippen LogP contribution in [0.5, 0.6) is 0 Å². The number of carbonyl (C=O) groups excluding carboxylic acids is 1. The van der Waals surface area contributed by atoms with Gasteiger partial charge in [0, 0.05) is 5.56 Å². The number of carbonyl (C=O) groups is 1. The van der Waals surface area contributed by atoms with E-state index in [-0.39, 0.29) is 16.8 Å². The number of amides is 1. The molecule has 1 aliphatic carbocycles. The summed E-state index contributed by atoms with van der Waals surface area (Å²) in [5.41, 5.74) is -0.343. The van der Waals surface area contributed by atoms with Crippen LogP contribution in [0, 0.1) is 0 Å². The van der Waals surface area contributed by atoms with Crippen molar-refractivity contribution in [2.45, 2.75) is 69.0 Å². The van der Waals surface area contributed by atoms with Crippen molar-refractivity contribution in [1.29, 1.82) is 0 Å². The third-order valence-electron chi connectivity index (χ3n) is 7.47. The number of aliphatic hydroxyl groups excluding tert-OH is 1. The molecule has 37 heavy (non-hydrogen) atoms. The summed E-state index contributed by atoms with van der Waals surface area (Å²) in [6.07, 6.45) is -0.967. The van der Waals surface area contributed by atoms with Crippen LogP contribution < -0.4 is 5.32 Å². The van der Waals surface area contributed by atoms with Crippen molar-refractivity contribution in [3.05, 3.63) is 48.5 Å². The minimum absolute atomic E-state index is 0.199. The van der Waals surface area contributed by atoms with Crippen LogP contribution in [-0.4, -0.2) is 67.7 Å². The van der Waals surface area contributed by atoms with Crippen LogP contribution in [0.4, 0.5) is 5.82 Å². The normalized spacial score (nSPS) is 28.2. The second-order valence-corrected chi connectivity index (χ2v) is 16.3. The lowest BCUT2D eigenvalue weighted by atomic mass is 10.1. The fourth-order valence-corrected chi connectivity index (χ4v) is 6.32. The van der Waals surface area contributed by atoms with Crippen LogP contribution >= 0.6 is 8.25 Å². The van der Waals surface area contributed by atoms with Gasteiger partial charge in [0.15, 0.2) is 37.1 Å². The van der Waals surface area contributed by atoms with Crippen LogP contribution in [0.3, 0.4) is 0 Å². The SMILES string of the molecule is CC(C)(C)[Si](C)(C)OC1[C@H](n2cnc3c(NC(=O)c4ccccc4)ncnc32)O[C@@H]2C(O)[C@]12O[PH](=O)O. The largest absolute Gasteiger partial charge is 0.406 e. The highest BCUT2D eigenvalue weighted by Gasteiger charge is 2.80. The quantitative estimate of drug-likeness (QED) is 0.297. The molecule has 5 rings (SSSR count). The van der Waals surface area contributed by atoms with E-state index < -0.39 is 46.7 Å². The van der Waals surface area contributed by atoms with Gasteiger partial charge in [0.25, 0.3) is 5.91 Å². The molecule has 2 aromatic heterocycles. The van der Waals surface area contributed by atoms with Crippen LogP contribution in [0.1, 0.15) is 37.4 Å². The predicted molar refractivity (Wildman–Crippen MR) is 137 cm³/mol. The Morgan fingerprint density at radius 2 is 1.92 bits per heavy atom. The number of anilines is 1. The maximum absolute atomic E-state index is 12.7. The van der Waals surface area contributed by atoms with Gasteiger partial charge in [-0.2, -0.15) is 0 Å². The van der Waals surface area contributed by atoms with Gasteiger partial charge in [-0.3, -0.25) is 18.5 Å². The summed E-state index contributed by atoms with van der Waals surface area (Å²) < 4.78 is 31.6. The molecule has 1 aliphatic heterocycles. The Hall–Kier alpha value is -2.51. The van der Waals surface area contributed by atoms with Gasteiger partial charge in [-0.15, -0.1) is 0 Å². The van der Waals surface area contributed by atoms with E-state index in [1.54, 1.807) is 28.8 Å². The summed E-state index contributed by atoms with van der Waals surface area (Å²) >= 11 is 0. The number of ether oxygens (including phenoxy) is 1. The van der Waals surface area contributed by atoms with Gasteiger partial charge in [-0.1, -0.05) is 39.0 Å². The molecule has 6 atom stereocenters. The number of imidazole rings is 1. The van der Waals surface area contributed by atoms with E-state index in [0.717, 1.165) is 0 Å². The predicted octanol–water partition coefficient (Wildman–Crippen LogP) is 2.88. The van der Waals surface area contributed by atoms with Crippen molar-refractivity contribution in [2.75, 3.05) is 5.32 Å². The number of nitrogens with zero attached hydrogens (tertiary/aromatic N) is 4. The number of rotatable bonds is 7. The molecule has 1 aromatic carbocycles. The summed E-state index contributed by atoms with van der Waals surface area (Å²) in [5, 5.41) is 13.2. The van der Waals surface area contributed by atoms with E-state index in [4.69, 9.17) is 13.7 Å². The standard InChI is InChI=1S/C23H30N5O7PSi/c1-22(2,3)37(4,5)34-17-21(33-16-15(29)23(16,17)35-36(31)32)28-12-26-14-18(24-11-25-19(14)28)27-20(30)13-9-7-6-8-10-13/h6-12,15-17,21,29,36H,1-5H3,(H,31,32)(H,24,25,27,30)/t15?,16-,17?,21-,23-/m1/s1. The molecule has 12 nitrogen and oxygen atoms in total. The monoisotopic (exact) mass is 547 g/mol. The molecule has 1 saturated carbocycles. The first-order valence-corrected chi connectivity index (χ1v) is 16.0. The third-order valence-corrected chi connectivity index (χ3v) is 12.5. The summed E-state index contributed by atoms with van der Waals surface area (Å²) in [7, 11) is -5.89. The number of benzene rings is 1. The van der Waals surface area contributed by atoms with E-state index in [2.05, 4.69) is 41.0 Å². The molecule has 2 aliphatic rings. The molecule has 3 aromatic rings. The molecule has 0 radical (unpaired) electrons. The van der Waals surface area contributed by atoms with Gasteiger partial charge in [-0.05, 0) is 30.3 Å². The molecule has 1 saturated heterocycles. The van der Waals surface area contributed by atoms with Crippen LogP contribution in [0.15, 0.2) is 43.0 Å². The topological polar surface area (TPSA) is 158 Å². The zero-order valence-electron chi connectivity index (χ0n) is 21.1. The molecule has 14 heteroatoms. The van der Waals surface area contributed by atoms with Gasteiger partial charge >= 0.3 is 8.25 Å². The fourth-order valence-electron chi connectivity index (χ4n) is 4.37. The van der Waals surface area contributed by atoms with Crippen molar-refractivity contribution in [3.8, 4) is 0 Å². The number of aromatic nitrogens is 4. The van der Waals surface area contributed by atoms with Gasteiger partial charge in [0.1, 0.15) is 24.6 Å². The first-order chi connectivity index (χ1) is 17.4. The van der Waals surface area contributed by atoms with Crippen LogP contribution in [0.25, 0.3) is 11.2 Å². The van der Waals surface area contributed by atoms with E-state index in [1.165, 1.54) is 12.7 Å². The molecular formula is C23H30N5O7PSi. The van der Waals surface area contributed by atoms with Crippen LogP contribution in [0.2, 0.25) is 18.1 Å². The molecular weight excluding hydrogens is 517 g/mol. The Morgan fingerprint density at radius 1 is 1.22 bits per heavy atom. The highest BCUT2D eigenvalue weighted by Crippen LogP contribution is 2.61. The van der Waals surface area contributed by atoms with E-state index in [9.17, 15) is 19.4 Å². The minimum Gasteiger partial charge on any atom is -0.406 e. The minimum atomic E-state index is -3.42. The first kappa shape index (κ1) is 26.1. The summed E-state index contributed by atoms with van der Waals surface area (Å²) in [6.45, 7) is 10.3. The zero-order chi connectivity index (χ0) is 26.8. The second-order valence-electron chi connectivity index (χ2n) is 10.8. The summed E-state index contributed by atoms with van der Waals surface area (Å²) in [4.78, 5) is 35.3. The third kappa shape index (κ3) is 4.34. The molecule has 3 unspecified atom stereocenters. The second kappa shape index (κ2) is 9.05. The molecule has 2 fully saturated rings.